The summed E-state index contributed by atoms with van der Waals surface area (Å²) in [5.41, 5.74) is 1.22. The number of halogens is 2. The molecule has 18 heavy (non-hydrogen) atoms. The van der Waals surface area contributed by atoms with Gasteiger partial charge < -0.3 is 5.32 Å². The molecule has 0 bridgehead atoms. The second-order valence-corrected chi connectivity index (χ2v) is 5.90. The second-order valence-electron chi connectivity index (χ2n) is 3.71. The summed E-state index contributed by atoms with van der Waals surface area (Å²) in [6.45, 7) is 2.25. The molecule has 0 unspecified atom stereocenters. The number of nitrogens with one attached hydrogen (secondary N) is 1. The van der Waals surface area contributed by atoms with Gasteiger partial charge in [0.25, 0.3) is 5.91 Å². The zero-order chi connectivity index (χ0) is 13.1. The molecule has 0 saturated carbocycles. The molecule has 6 heteroatoms. The van der Waals surface area contributed by atoms with Crippen molar-refractivity contribution in [3.63, 3.8) is 0 Å². The van der Waals surface area contributed by atoms with Crippen LogP contribution in [0.15, 0.2) is 24.3 Å². The van der Waals surface area contributed by atoms with Crippen molar-refractivity contribution in [1.29, 1.82) is 0 Å². The van der Waals surface area contributed by atoms with Crippen LogP contribution in [0.5, 0.6) is 0 Å². The van der Waals surface area contributed by atoms with Crippen molar-refractivity contribution in [1.82, 2.24) is 10.3 Å². The van der Waals surface area contributed by atoms with Gasteiger partial charge in [-0.15, -0.1) is 11.3 Å². The highest BCUT2D eigenvalue weighted by Gasteiger charge is 2.08. The number of pyridine rings is 1. The van der Waals surface area contributed by atoms with E-state index < -0.39 is 0 Å². The number of carbonyl (C=O) groups excluding carboxylic acids is 1. The molecule has 0 fully saturated rings. The van der Waals surface area contributed by atoms with Crippen molar-refractivity contribution in [2.45, 2.75) is 13.5 Å². The average Bonchev–Trinajstić information content (AvgIpc) is 2.70. The Hall–Kier alpha value is -1.10. The first-order chi connectivity index (χ1) is 8.54. The summed E-state index contributed by atoms with van der Waals surface area (Å²) < 4.78 is 0.710. The van der Waals surface area contributed by atoms with Crippen LogP contribution in [0.3, 0.4) is 0 Å². The van der Waals surface area contributed by atoms with Gasteiger partial charge in [0.2, 0.25) is 0 Å². The van der Waals surface area contributed by atoms with Gasteiger partial charge in [-0.3, -0.25) is 4.79 Å². The van der Waals surface area contributed by atoms with Crippen LogP contribution >= 0.6 is 34.5 Å². The molecule has 2 rings (SSSR count). The van der Waals surface area contributed by atoms with Gasteiger partial charge in [0.05, 0.1) is 10.9 Å². The summed E-state index contributed by atoms with van der Waals surface area (Å²) in [5.74, 6) is -0.174. The molecule has 94 valence electrons. The lowest BCUT2D eigenvalue weighted by Gasteiger charge is -2.04. The number of nitrogens with zero attached hydrogens (tertiary/aromatic N) is 1. The van der Waals surface area contributed by atoms with Crippen LogP contribution in [0.1, 0.15) is 20.9 Å². The van der Waals surface area contributed by atoms with E-state index in [1.54, 1.807) is 25.1 Å². The Morgan fingerprint density at radius 2 is 2.17 bits per heavy atom. The van der Waals surface area contributed by atoms with Crippen molar-refractivity contribution >= 4 is 40.4 Å². The van der Waals surface area contributed by atoms with Gasteiger partial charge in [-0.1, -0.05) is 23.2 Å². The first kappa shape index (κ1) is 13.3. The van der Waals surface area contributed by atoms with Gasteiger partial charge in [0.1, 0.15) is 5.15 Å². The normalized spacial score (nSPS) is 10.4. The van der Waals surface area contributed by atoms with Crippen LogP contribution in [0, 0.1) is 6.92 Å². The zero-order valence-electron chi connectivity index (χ0n) is 9.54. The van der Waals surface area contributed by atoms with Crippen LogP contribution in [0.25, 0.3) is 0 Å². The molecule has 0 aliphatic carbocycles. The Morgan fingerprint density at radius 3 is 2.78 bits per heavy atom. The monoisotopic (exact) mass is 300 g/mol. The van der Waals surface area contributed by atoms with Crippen molar-refractivity contribution in [3.8, 4) is 0 Å². The molecular formula is C12H10Cl2N2OS. The summed E-state index contributed by atoms with van der Waals surface area (Å²) in [5, 5.41) is 3.13. The Kier molecular flexibility index (Phi) is 4.22. The van der Waals surface area contributed by atoms with E-state index in [0.29, 0.717) is 27.3 Å². The highest BCUT2D eigenvalue weighted by atomic mass is 35.5. The number of aromatic nitrogens is 1. The Morgan fingerprint density at radius 1 is 1.39 bits per heavy atom. The number of aryl methyl sites for hydroxylation is 1. The topological polar surface area (TPSA) is 42.0 Å². The van der Waals surface area contributed by atoms with Gasteiger partial charge in [-0.2, -0.15) is 0 Å². The molecule has 0 aromatic carbocycles. The predicted molar refractivity (Wildman–Crippen MR) is 74.5 cm³/mol. The van der Waals surface area contributed by atoms with E-state index in [2.05, 4.69) is 10.3 Å². The van der Waals surface area contributed by atoms with E-state index in [0.717, 1.165) is 4.88 Å². The number of thiophene rings is 1. The minimum atomic E-state index is -0.174. The lowest BCUT2D eigenvalue weighted by molar-refractivity contribution is 0.0951. The van der Waals surface area contributed by atoms with Crippen LogP contribution in [0.4, 0.5) is 0 Å². The maximum Gasteiger partial charge on any atom is 0.251 e. The number of hydrogen-bond acceptors (Lipinski definition) is 3. The molecular weight excluding hydrogens is 291 g/mol. The fourth-order valence-electron chi connectivity index (χ4n) is 1.48. The van der Waals surface area contributed by atoms with E-state index in [9.17, 15) is 4.79 Å². The lowest BCUT2D eigenvalue weighted by Crippen LogP contribution is -2.22. The summed E-state index contributed by atoms with van der Waals surface area (Å²) in [7, 11) is 0. The Balaban J connectivity index is 2.03. The molecule has 1 amide bonds. The van der Waals surface area contributed by atoms with E-state index >= 15 is 0 Å². The van der Waals surface area contributed by atoms with Crippen LogP contribution < -0.4 is 5.32 Å². The smallest absolute Gasteiger partial charge is 0.251 e. The summed E-state index contributed by atoms with van der Waals surface area (Å²) in [4.78, 5) is 16.9. The zero-order valence-corrected chi connectivity index (χ0v) is 11.9. The van der Waals surface area contributed by atoms with Crippen molar-refractivity contribution < 1.29 is 4.79 Å². The van der Waals surface area contributed by atoms with Crippen molar-refractivity contribution in [2.24, 2.45) is 0 Å². The number of rotatable bonds is 3. The third kappa shape index (κ3) is 3.45. The second kappa shape index (κ2) is 5.69. The standard InChI is InChI=1S/C12H10Cl2N2OS/c1-7-4-8(5-10(13)16-7)12(17)15-6-9-2-3-11(14)18-9/h2-5H,6H2,1H3,(H,15,17). The van der Waals surface area contributed by atoms with Crippen molar-refractivity contribution in [2.75, 3.05) is 0 Å². The molecule has 2 aromatic heterocycles. The Labute approximate surface area is 119 Å². The molecule has 0 spiro atoms. The molecule has 2 aromatic rings. The molecule has 3 nitrogen and oxygen atoms in total. The fourth-order valence-corrected chi connectivity index (χ4v) is 2.75. The van der Waals surface area contributed by atoms with Gasteiger partial charge in [-0.05, 0) is 31.2 Å². The maximum absolute atomic E-state index is 11.9. The average molecular weight is 301 g/mol. The minimum absolute atomic E-state index is 0.174. The first-order valence-electron chi connectivity index (χ1n) is 5.21. The highest BCUT2D eigenvalue weighted by Crippen LogP contribution is 2.21. The SMILES string of the molecule is Cc1cc(C(=O)NCc2ccc(Cl)s2)cc(Cl)n1. The summed E-state index contributed by atoms with van der Waals surface area (Å²) >= 11 is 13.1. The molecule has 2 heterocycles. The van der Waals surface area contributed by atoms with Gasteiger partial charge >= 0.3 is 0 Å². The largest absolute Gasteiger partial charge is 0.347 e. The fraction of sp³-hybridized carbons (Fsp3) is 0.167. The molecule has 0 aliphatic heterocycles. The van der Waals surface area contributed by atoms with E-state index in [-0.39, 0.29) is 5.91 Å². The molecule has 0 saturated heterocycles. The predicted octanol–water partition coefficient (Wildman–Crippen LogP) is 3.69. The van der Waals surface area contributed by atoms with Gasteiger partial charge in [-0.25, -0.2) is 4.98 Å². The summed E-state index contributed by atoms with van der Waals surface area (Å²) in [6.07, 6.45) is 0. The first-order valence-corrected chi connectivity index (χ1v) is 6.78. The van der Waals surface area contributed by atoms with Crippen LogP contribution in [-0.4, -0.2) is 10.9 Å². The molecule has 0 aliphatic rings. The molecule has 0 atom stereocenters. The quantitative estimate of drug-likeness (QED) is 0.879. The maximum atomic E-state index is 11.9. The van der Waals surface area contributed by atoms with E-state index in [1.165, 1.54) is 11.3 Å². The highest BCUT2D eigenvalue weighted by molar-refractivity contribution is 7.16. The van der Waals surface area contributed by atoms with Gasteiger partial charge in [0, 0.05) is 16.1 Å². The summed E-state index contributed by atoms with van der Waals surface area (Å²) in [6, 6.07) is 6.94. The number of carbonyl (C=O) groups is 1. The van der Waals surface area contributed by atoms with E-state index in [4.69, 9.17) is 23.2 Å². The van der Waals surface area contributed by atoms with Crippen LogP contribution in [-0.2, 0) is 6.54 Å². The number of amides is 1. The van der Waals surface area contributed by atoms with E-state index in [1.807, 2.05) is 6.07 Å². The third-order valence-electron chi connectivity index (χ3n) is 2.24. The minimum Gasteiger partial charge on any atom is -0.347 e. The Bertz CT molecular complexity index is 563. The lowest BCUT2D eigenvalue weighted by atomic mass is 10.2. The number of hydrogen-bond donors (Lipinski definition) is 1. The van der Waals surface area contributed by atoms with Crippen LogP contribution in [0.2, 0.25) is 9.49 Å². The third-order valence-corrected chi connectivity index (χ3v) is 3.66. The van der Waals surface area contributed by atoms with Crippen molar-refractivity contribution in [3.05, 3.63) is 49.9 Å². The molecule has 0 radical (unpaired) electrons. The molecule has 1 N–H and O–H groups in total. The van der Waals surface area contributed by atoms with Gasteiger partial charge in [0.15, 0.2) is 0 Å².